The second-order valence-corrected chi connectivity index (χ2v) is 4.73. The van der Waals surface area contributed by atoms with Gasteiger partial charge in [-0.1, -0.05) is 18.2 Å². The summed E-state index contributed by atoms with van der Waals surface area (Å²) >= 11 is 1.30. The second kappa shape index (κ2) is 5.09. The normalized spacial score (nSPS) is 20.4. The Balaban J connectivity index is 2.02. The van der Waals surface area contributed by atoms with Gasteiger partial charge in [-0.25, -0.2) is 4.79 Å². The number of nitrogens with one attached hydrogen (secondary N) is 1. The van der Waals surface area contributed by atoms with Crippen LogP contribution >= 0.6 is 11.3 Å². The SMILES string of the molecule is O=C(O)c1ccc(C=CC2C=CCNC2)s1. The summed E-state index contributed by atoms with van der Waals surface area (Å²) < 4.78 is 0. The lowest BCUT2D eigenvalue weighted by Crippen LogP contribution is -2.24. The molecule has 2 N–H and O–H groups in total. The van der Waals surface area contributed by atoms with Crippen LogP contribution in [0.2, 0.25) is 0 Å². The fraction of sp³-hybridized carbons (Fsp3) is 0.250. The fourth-order valence-electron chi connectivity index (χ4n) is 1.55. The van der Waals surface area contributed by atoms with E-state index < -0.39 is 5.97 Å². The smallest absolute Gasteiger partial charge is 0.345 e. The number of thiophene rings is 1. The second-order valence-electron chi connectivity index (χ2n) is 3.62. The van der Waals surface area contributed by atoms with Crippen LogP contribution in [0.15, 0.2) is 30.4 Å². The topological polar surface area (TPSA) is 49.3 Å². The Morgan fingerprint density at radius 1 is 1.56 bits per heavy atom. The largest absolute Gasteiger partial charge is 0.477 e. The van der Waals surface area contributed by atoms with E-state index >= 15 is 0 Å². The summed E-state index contributed by atoms with van der Waals surface area (Å²) in [5.74, 6) is -0.451. The number of carbonyl (C=O) groups is 1. The molecule has 4 heteroatoms. The Kier molecular flexibility index (Phi) is 3.54. The molecule has 1 unspecified atom stereocenters. The molecule has 1 aliphatic rings. The van der Waals surface area contributed by atoms with Gasteiger partial charge in [0, 0.05) is 23.9 Å². The minimum absolute atomic E-state index is 0.386. The summed E-state index contributed by atoms with van der Waals surface area (Å²) in [5.41, 5.74) is 0. The first-order valence-corrected chi connectivity index (χ1v) is 5.96. The quantitative estimate of drug-likeness (QED) is 0.790. The van der Waals surface area contributed by atoms with E-state index in [-0.39, 0.29) is 0 Å². The van der Waals surface area contributed by atoms with Gasteiger partial charge in [0.05, 0.1) is 0 Å². The molecule has 0 aliphatic carbocycles. The Morgan fingerprint density at radius 3 is 3.06 bits per heavy atom. The molecular weight excluding hydrogens is 222 g/mol. The van der Waals surface area contributed by atoms with Crippen molar-refractivity contribution in [2.45, 2.75) is 0 Å². The Morgan fingerprint density at radius 2 is 2.44 bits per heavy atom. The molecular formula is C12H13NO2S. The van der Waals surface area contributed by atoms with Gasteiger partial charge >= 0.3 is 5.97 Å². The molecule has 2 heterocycles. The third-order valence-corrected chi connectivity index (χ3v) is 3.41. The van der Waals surface area contributed by atoms with Crippen LogP contribution in [0.3, 0.4) is 0 Å². The summed E-state index contributed by atoms with van der Waals surface area (Å²) in [5, 5.41) is 12.0. The maximum absolute atomic E-state index is 10.7. The van der Waals surface area contributed by atoms with Crippen LogP contribution in [0, 0.1) is 5.92 Å². The molecule has 1 atom stereocenters. The van der Waals surface area contributed by atoms with E-state index in [1.807, 2.05) is 12.1 Å². The summed E-state index contributed by atoms with van der Waals surface area (Å²) in [4.78, 5) is 12.1. The van der Waals surface area contributed by atoms with Crippen LogP contribution in [0.5, 0.6) is 0 Å². The Hall–Kier alpha value is -1.39. The summed E-state index contributed by atoms with van der Waals surface area (Å²) in [7, 11) is 0. The number of rotatable bonds is 3. The van der Waals surface area contributed by atoms with Gasteiger partial charge in [-0.3, -0.25) is 0 Å². The number of carboxylic acids is 1. The van der Waals surface area contributed by atoms with Crippen molar-refractivity contribution >= 4 is 23.4 Å². The zero-order chi connectivity index (χ0) is 11.4. The van der Waals surface area contributed by atoms with Crippen molar-refractivity contribution in [3.8, 4) is 0 Å². The van der Waals surface area contributed by atoms with Crippen molar-refractivity contribution < 1.29 is 9.90 Å². The number of hydrogen-bond donors (Lipinski definition) is 2. The maximum atomic E-state index is 10.7. The van der Waals surface area contributed by atoms with E-state index in [1.165, 1.54) is 11.3 Å². The summed E-state index contributed by atoms with van der Waals surface area (Å²) in [6, 6.07) is 3.48. The predicted molar refractivity (Wildman–Crippen MR) is 65.8 cm³/mol. The lowest BCUT2D eigenvalue weighted by atomic mass is 10.1. The van der Waals surface area contributed by atoms with Gasteiger partial charge in [0.25, 0.3) is 0 Å². The van der Waals surface area contributed by atoms with Gasteiger partial charge in [0.2, 0.25) is 0 Å². The Bertz CT molecular complexity index is 434. The van der Waals surface area contributed by atoms with E-state index in [0.29, 0.717) is 10.8 Å². The standard InChI is InChI=1S/C12H13NO2S/c14-12(15)11-6-5-10(16-11)4-3-9-2-1-7-13-8-9/h1-6,9,13H,7-8H2,(H,14,15). The summed E-state index contributed by atoms with van der Waals surface area (Å²) in [6.45, 7) is 1.89. The molecule has 1 aliphatic heterocycles. The molecule has 2 rings (SSSR count). The van der Waals surface area contributed by atoms with E-state index in [4.69, 9.17) is 5.11 Å². The molecule has 0 saturated carbocycles. The van der Waals surface area contributed by atoms with Crippen LogP contribution in [-0.2, 0) is 0 Å². The zero-order valence-electron chi connectivity index (χ0n) is 8.72. The molecule has 0 amide bonds. The van der Waals surface area contributed by atoms with Crippen molar-refractivity contribution in [3.63, 3.8) is 0 Å². The Labute approximate surface area is 98.1 Å². The first-order chi connectivity index (χ1) is 7.75. The van der Waals surface area contributed by atoms with Crippen molar-refractivity contribution in [1.29, 1.82) is 0 Å². The van der Waals surface area contributed by atoms with E-state index in [2.05, 4.69) is 23.5 Å². The lowest BCUT2D eigenvalue weighted by Gasteiger charge is -2.12. The maximum Gasteiger partial charge on any atom is 0.345 e. The molecule has 0 radical (unpaired) electrons. The van der Waals surface area contributed by atoms with Gasteiger partial charge in [-0.15, -0.1) is 11.3 Å². The minimum Gasteiger partial charge on any atom is -0.477 e. The predicted octanol–water partition coefficient (Wildman–Crippen LogP) is 2.24. The average Bonchev–Trinajstić information content (AvgIpc) is 2.76. The number of carboxylic acid groups (broad SMARTS) is 1. The van der Waals surface area contributed by atoms with Crippen LogP contribution in [0.1, 0.15) is 14.5 Å². The molecule has 84 valence electrons. The first kappa shape index (κ1) is 11.1. The molecule has 0 bridgehead atoms. The minimum atomic E-state index is -0.858. The highest BCUT2D eigenvalue weighted by molar-refractivity contribution is 7.14. The van der Waals surface area contributed by atoms with Gasteiger partial charge in [0.15, 0.2) is 0 Å². The van der Waals surface area contributed by atoms with Gasteiger partial charge in [-0.05, 0) is 18.2 Å². The number of aromatic carboxylic acids is 1. The van der Waals surface area contributed by atoms with Crippen LogP contribution < -0.4 is 5.32 Å². The van der Waals surface area contributed by atoms with Crippen LogP contribution in [0.4, 0.5) is 0 Å². The van der Waals surface area contributed by atoms with Crippen molar-refractivity contribution in [3.05, 3.63) is 40.1 Å². The molecule has 0 aromatic carbocycles. The van der Waals surface area contributed by atoms with Crippen molar-refractivity contribution in [2.75, 3.05) is 13.1 Å². The summed E-state index contributed by atoms with van der Waals surface area (Å²) in [6.07, 6.45) is 8.35. The van der Waals surface area contributed by atoms with Crippen molar-refractivity contribution in [1.82, 2.24) is 5.32 Å². The molecule has 0 saturated heterocycles. The zero-order valence-corrected chi connectivity index (χ0v) is 9.54. The molecule has 1 aromatic rings. The van der Waals surface area contributed by atoms with E-state index in [1.54, 1.807) is 6.07 Å². The molecule has 16 heavy (non-hydrogen) atoms. The molecule has 3 nitrogen and oxygen atoms in total. The third-order valence-electron chi connectivity index (χ3n) is 2.37. The first-order valence-electron chi connectivity index (χ1n) is 5.14. The molecule has 0 spiro atoms. The number of hydrogen-bond acceptors (Lipinski definition) is 3. The van der Waals surface area contributed by atoms with Crippen LogP contribution in [0.25, 0.3) is 6.08 Å². The van der Waals surface area contributed by atoms with Crippen LogP contribution in [-0.4, -0.2) is 24.2 Å². The third kappa shape index (κ3) is 2.81. The van der Waals surface area contributed by atoms with E-state index in [0.717, 1.165) is 18.0 Å². The highest BCUT2D eigenvalue weighted by Crippen LogP contribution is 2.19. The van der Waals surface area contributed by atoms with E-state index in [9.17, 15) is 4.79 Å². The lowest BCUT2D eigenvalue weighted by molar-refractivity contribution is 0.0702. The van der Waals surface area contributed by atoms with Gasteiger partial charge < -0.3 is 10.4 Å². The monoisotopic (exact) mass is 235 g/mol. The molecule has 0 fully saturated rings. The average molecular weight is 235 g/mol. The van der Waals surface area contributed by atoms with Gasteiger partial charge in [-0.2, -0.15) is 0 Å². The highest BCUT2D eigenvalue weighted by atomic mass is 32.1. The fourth-order valence-corrected chi connectivity index (χ4v) is 2.31. The van der Waals surface area contributed by atoms with Gasteiger partial charge in [0.1, 0.15) is 4.88 Å². The molecule has 1 aromatic heterocycles. The highest BCUT2D eigenvalue weighted by Gasteiger charge is 2.06. The van der Waals surface area contributed by atoms with Crippen molar-refractivity contribution in [2.24, 2.45) is 5.92 Å².